The highest BCUT2D eigenvalue weighted by Gasteiger charge is 2.33. The number of hydrogen-bond acceptors (Lipinski definition) is 3. The third-order valence-corrected chi connectivity index (χ3v) is 5.88. The average molecular weight is 460 g/mol. The lowest BCUT2D eigenvalue weighted by Crippen LogP contribution is -2.34. The van der Waals surface area contributed by atoms with Crippen LogP contribution in [0.2, 0.25) is 0 Å². The molecule has 8 heteroatoms. The number of aliphatic carboxylic acids is 1. The van der Waals surface area contributed by atoms with Crippen molar-refractivity contribution in [1.82, 2.24) is 9.88 Å². The number of fused-ring (bicyclic) bond motifs is 3. The first kappa shape index (κ1) is 23.2. The predicted octanol–water partition coefficient (Wildman–Crippen LogP) is 5.56. The van der Waals surface area contributed by atoms with Crippen LogP contribution >= 0.6 is 0 Å². The Balaban J connectivity index is 1.55. The summed E-state index contributed by atoms with van der Waals surface area (Å²) in [5, 5.41) is 13.3. The Hall–Kier alpha value is -3.00. The summed E-state index contributed by atoms with van der Waals surface area (Å²) in [7, 11) is 0. The molecule has 33 heavy (non-hydrogen) atoms. The van der Waals surface area contributed by atoms with Crippen molar-refractivity contribution in [3.05, 3.63) is 64.8 Å². The first-order valence-corrected chi connectivity index (χ1v) is 11.0. The van der Waals surface area contributed by atoms with Gasteiger partial charge in [-0.25, -0.2) is 0 Å². The van der Waals surface area contributed by atoms with E-state index in [0.29, 0.717) is 29.8 Å². The molecule has 1 atom stereocenters. The average Bonchev–Trinajstić information content (AvgIpc) is 3.10. The quantitative estimate of drug-likeness (QED) is 0.485. The Morgan fingerprint density at radius 2 is 2.00 bits per heavy atom. The molecular weight excluding hydrogens is 433 g/mol. The van der Waals surface area contributed by atoms with Gasteiger partial charge >= 0.3 is 12.1 Å². The molecule has 1 aliphatic heterocycles. The summed E-state index contributed by atoms with van der Waals surface area (Å²) in [6.45, 7) is 5.23. The largest absolute Gasteiger partial charge is 0.489 e. The second-order valence-corrected chi connectivity index (χ2v) is 8.92. The Kier molecular flexibility index (Phi) is 6.38. The number of carbonyl (C=O) groups is 1. The van der Waals surface area contributed by atoms with Crippen LogP contribution in [-0.2, 0) is 30.5 Å². The lowest BCUT2D eigenvalue weighted by Gasteiger charge is -2.25. The van der Waals surface area contributed by atoms with Crippen molar-refractivity contribution in [2.45, 2.75) is 52.1 Å². The number of hydrogen-bond donors (Lipinski definition) is 2. The molecule has 2 heterocycles. The Bertz CT molecular complexity index is 1170. The number of alkyl halides is 3. The van der Waals surface area contributed by atoms with E-state index >= 15 is 0 Å². The van der Waals surface area contributed by atoms with Gasteiger partial charge in [-0.05, 0) is 53.8 Å². The van der Waals surface area contributed by atoms with Crippen LogP contribution in [0.4, 0.5) is 13.2 Å². The Labute approximate surface area is 190 Å². The molecule has 4 rings (SSSR count). The van der Waals surface area contributed by atoms with Crippen molar-refractivity contribution >= 4 is 16.9 Å². The first-order valence-electron chi connectivity index (χ1n) is 11.0. The van der Waals surface area contributed by atoms with E-state index in [1.807, 2.05) is 32.0 Å². The molecule has 0 aliphatic carbocycles. The van der Waals surface area contributed by atoms with Crippen LogP contribution in [0.15, 0.2) is 42.5 Å². The maximum absolute atomic E-state index is 13.6. The normalized spacial score (nSPS) is 16.2. The van der Waals surface area contributed by atoms with Crippen LogP contribution in [0.3, 0.4) is 0 Å². The zero-order valence-corrected chi connectivity index (χ0v) is 18.6. The van der Waals surface area contributed by atoms with Crippen LogP contribution in [-0.4, -0.2) is 22.2 Å². The minimum atomic E-state index is -4.41. The molecule has 0 radical (unpaired) electrons. The van der Waals surface area contributed by atoms with E-state index in [1.165, 1.54) is 6.07 Å². The monoisotopic (exact) mass is 460 g/mol. The zero-order chi connectivity index (χ0) is 23.8. The van der Waals surface area contributed by atoms with Crippen LogP contribution < -0.4 is 10.1 Å². The van der Waals surface area contributed by atoms with Crippen molar-refractivity contribution in [2.75, 3.05) is 6.54 Å². The zero-order valence-electron chi connectivity index (χ0n) is 18.6. The van der Waals surface area contributed by atoms with E-state index in [-0.39, 0.29) is 25.0 Å². The molecule has 0 saturated carbocycles. The molecule has 0 amide bonds. The van der Waals surface area contributed by atoms with Gasteiger partial charge in [0.15, 0.2) is 0 Å². The van der Waals surface area contributed by atoms with Crippen molar-refractivity contribution in [1.29, 1.82) is 0 Å². The molecule has 0 bridgehead atoms. The molecule has 3 aromatic rings. The summed E-state index contributed by atoms with van der Waals surface area (Å²) >= 11 is 0. The number of halogens is 3. The van der Waals surface area contributed by atoms with Gasteiger partial charge in [-0.3, -0.25) is 4.79 Å². The van der Waals surface area contributed by atoms with Gasteiger partial charge in [0, 0.05) is 29.7 Å². The number of nitrogens with one attached hydrogen (secondary N) is 1. The SMILES string of the molecule is CC(C)Cc1ccc(COc2ccc3c(c2)cc2n3CCN[C@H]2CC(=O)O)cc1C(F)(F)F. The fourth-order valence-corrected chi connectivity index (χ4v) is 4.47. The van der Waals surface area contributed by atoms with Crippen LogP contribution in [0.5, 0.6) is 5.75 Å². The van der Waals surface area contributed by atoms with Gasteiger partial charge < -0.3 is 19.7 Å². The number of aromatic nitrogens is 1. The Morgan fingerprint density at radius 3 is 2.70 bits per heavy atom. The fraction of sp³-hybridized carbons (Fsp3) is 0.400. The standard InChI is InChI=1S/C25H27F3N2O3/c1-15(2)9-17-4-3-16(10-20(17)25(26,27)28)14-33-19-5-6-22-18(11-19)12-23-21(13-24(31)32)29-7-8-30(22)23/h3-6,10-12,15,21,29H,7-9,13-14H2,1-2H3,(H,31,32)/t21-/m0/s1. The summed E-state index contributed by atoms with van der Waals surface area (Å²) < 4.78 is 48.6. The third-order valence-electron chi connectivity index (χ3n) is 5.88. The molecule has 0 fully saturated rings. The van der Waals surface area contributed by atoms with Gasteiger partial charge in [0.25, 0.3) is 0 Å². The minimum Gasteiger partial charge on any atom is -0.489 e. The number of rotatable bonds is 7. The summed E-state index contributed by atoms with van der Waals surface area (Å²) in [6.07, 6.45) is -4.05. The topological polar surface area (TPSA) is 63.5 Å². The Morgan fingerprint density at radius 1 is 1.21 bits per heavy atom. The summed E-state index contributed by atoms with van der Waals surface area (Å²) in [5.74, 6) is -0.195. The molecule has 1 aliphatic rings. The molecule has 5 nitrogen and oxygen atoms in total. The number of benzene rings is 2. The van der Waals surface area contributed by atoms with Crippen LogP contribution in [0.25, 0.3) is 10.9 Å². The number of nitrogens with zero attached hydrogens (tertiary/aromatic N) is 1. The van der Waals surface area contributed by atoms with Crippen molar-refractivity contribution in [3.63, 3.8) is 0 Å². The maximum atomic E-state index is 13.6. The second-order valence-electron chi connectivity index (χ2n) is 8.92. The molecular formula is C25H27F3N2O3. The molecule has 2 N–H and O–H groups in total. The van der Waals surface area contributed by atoms with E-state index in [2.05, 4.69) is 9.88 Å². The van der Waals surface area contributed by atoms with Gasteiger partial charge in [-0.15, -0.1) is 0 Å². The van der Waals surface area contributed by atoms with Gasteiger partial charge in [0.1, 0.15) is 12.4 Å². The van der Waals surface area contributed by atoms with E-state index in [0.717, 1.165) is 23.1 Å². The molecule has 0 saturated heterocycles. The third kappa shape index (κ3) is 5.16. The van der Waals surface area contributed by atoms with Crippen molar-refractivity contribution in [3.8, 4) is 5.75 Å². The highest BCUT2D eigenvalue weighted by molar-refractivity contribution is 5.83. The minimum absolute atomic E-state index is 0.00593. The van der Waals surface area contributed by atoms with E-state index in [4.69, 9.17) is 4.74 Å². The van der Waals surface area contributed by atoms with Crippen LogP contribution in [0.1, 0.15) is 48.7 Å². The van der Waals surface area contributed by atoms with Gasteiger partial charge in [-0.1, -0.05) is 26.0 Å². The number of ether oxygens (including phenoxy) is 1. The predicted molar refractivity (Wildman–Crippen MR) is 119 cm³/mol. The lowest BCUT2D eigenvalue weighted by atomic mass is 9.96. The number of carboxylic acids is 1. The van der Waals surface area contributed by atoms with Crippen molar-refractivity contribution < 1.29 is 27.8 Å². The molecule has 176 valence electrons. The van der Waals surface area contributed by atoms with Gasteiger partial charge in [-0.2, -0.15) is 13.2 Å². The summed E-state index contributed by atoms with van der Waals surface area (Å²) in [6, 6.07) is 11.6. The van der Waals surface area contributed by atoms with E-state index in [9.17, 15) is 23.1 Å². The molecule has 1 aromatic heterocycles. The lowest BCUT2D eigenvalue weighted by molar-refractivity contribution is -0.139. The fourth-order valence-electron chi connectivity index (χ4n) is 4.47. The molecule has 0 spiro atoms. The first-order chi connectivity index (χ1) is 15.6. The smallest absolute Gasteiger partial charge is 0.416 e. The van der Waals surface area contributed by atoms with E-state index < -0.39 is 17.7 Å². The highest BCUT2D eigenvalue weighted by atomic mass is 19.4. The second kappa shape index (κ2) is 9.09. The van der Waals surface area contributed by atoms with Gasteiger partial charge in [0.05, 0.1) is 18.0 Å². The highest BCUT2D eigenvalue weighted by Crippen LogP contribution is 2.35. The van der Waals surface area contributed by atoms with E-state index in [1.54, 1.807) is 18.2 Å². The summed E-state index contributed by atoms with van der Waals surface area (Å²) in [5.41, 5.74) is 2.03. The van der Waals surface area contributed by atoms with Crippen LogP contribution in [0, 0.1) is 5.92 Å². The summed E-state index contributed by atoms with van der Waals surface area (Å²) in [4.78, 5) is 11.2. The van der Waals surface area contributed by atoms with Gasteiger partial charge in [0.2, 0.25) is 0 Å². The molecule has 2 aromatic carbocycles. The maximum Gasteiger partial charge on any atom is 0.416 e. The molecule has 0 unspecified atom stereocenters. The number of carboxylic acid groups (broad SMARTS) is 1. The van der Waals surface area contributed by atoms with Crippen molar-refractivity contribution in [2.24, 2.45) is 5.92 Å².